The summed E-state index contributed by atoms with van der Waals surface area (Å²) in [6, 6.07) is 6.12. The van der Waals surface area contributed by atoms with Crippen LogP contribution in [0.4, 0.5) is 0 Å². The molecular formula is C16H20N4O. The van der Waals surface area contributed by atoms with E-state index in [1.165, 1.54) is 0 Å². The number of imidazole rings is 1. The van der Waals surface area contributed by atoms with E-state index in [2.05, 4.69) is 19.9 Å². The molecule has 0 saturated heterocycles. The van der Waals surface area contributed by atoms with Gasteiger partial charge in [0.25, 0.3) is 0 Å². The molecule has 5 heteroatoms. The minimum atomic E-state index is 0.138. The third kappa shape index (κ3) is 3.68. The Balaban J connectivity index is 1.41. The van der Waals surface area contributed by atoms with Gasteiger partial charge in [-0.3, -0.25) is 9.78 Å². The van der Waals surface area contributed by atoms with Crippen LogP contribution in [0.1, 0.15) is 30.8 Å². The summed E-state index contributed by atoms with van der Waals surface area (Å²) in [7, 11) is 0. The van der Waals surface area contributed by atoms with Gasteiger partial charge in [0.05, 0.1) is 0 Å². The third-order valence-electron chi connectivity index (χ3n) is 3.86. The highest BCUT2D eigenvalue weighted by molar-refractivity contribution is 5.76. The van der Waals surface area contributed by atoms with E-state index < -0.39 is 0 Å². The molecule has 0 aromatic carbocycles. The molecule has 3 rings (SSSR count). The van der Waals surface area contributed by atoms with E-state index in [-0.39, 0.29) is 11.9 Å². The number of rotatable bonds is 5. The van der Waals surface area contributed by atoms with Crippen LogP contribution >= 0.6 is 0 Å². The molecule has 0 fully saturated rings. The number of fused-ring (bicyclic) bond motifs is 1. The van der Waals surface area contributed by atoms with Gasteiger partial charge in [-0.15, -0.1) is 0 Å². The van der Waals surface area contributed by atoms with Crippen molar-refractivity contribution in [3.05, 3.63) is 48.3 Å². The fraction of sp³-hybridized carbons (Fsp3) is 0.438. The Kier molecular flexibility index (Phi) is 4.28. The first kappa shape index (κ1) is 13.8. The van der Waals surface area contributed by atoms with Crippen LogP contribution in [0.15, 0.2) is 36.8 Å². The van der Waals surface area contributed by atoms with Gasteiger partial charge in [-0.05, 0) is 31.4 Å². The van der Waals surface area contributed by atoms with Crippen LogP contribution in [-0.4, -0.2) is 26.5 Å². The number of carbonyl (C=O) groups excluding carboxylic acids is 1. The number of nitrogens with zero attached hydrogens (tertiary/aromatic N) is 3. The molecule has 1 atom stereocenters. The number of amides is 1. The Morgan fingerprint density at radius 2 is 2.29 bits per heavy atom. The van der Waals surface area contributed by atoms with Crippen LogP contribution in [0.3, 0.4) is 0 Å². The van der Waals surface area contributed by atoms with Crippen LogP contribution in [0.25, 0.3) is 0 Å². The second-order valence-electron chi connectivity index (χ2n) is 5.47. The molecule has 21 heavy (non-hydrogen) atoms. The Hall–Kier alpha value is -2.17. The van der Waals surface area contributed by atoms with Crippen molar-refractivity contribution in [1.82, 2.24) is 19.9 Å². The predicted molar refractivity (Wildman–Crippen MR) is 79.7 cm³/mol. The molecule has 5 nitrogen and oxygen atoms in total. The number of hydrogen-bond donors (Lipinski definition) is 1. The first-order valence-corrected chi connectivity index (χ1v) is 7.50. The quantitative estimate of drug-likeness (QED) is 0.909. The van der Waals surface area contributed by atoms with Gasteiger partial charge in [-0.1, -0.05) is 6.07 Å². The van der Waals surface area contributed by atoms with E-state index in [1.54, 1.807) is 6.20 Å². The molecule has 0 aliphatic carbocycles. The van der Waals surface area contributed by atoms with Gasteiger partial charge >= 0.3 is 0 Å². The molecule has 3 heterocycles. The normalized spacial score (nSPS) is 17.2. The first-order valence-electron chi connectivity index (χ1n) is 7.50. The van der Waals surface area contributed by atoms with Gasteiger partial charge < -0.3 is 9.88 Å². The van der Waals surface area contributed by atoms with E-state index >= 15 is 0 Å². The minimum absolute atomic E-state index is 0.138. The van der Waals surface area contributed by atoms with Gasteiger partial charge in [-0.2, -0.15) is 0 Å². The SMILES string of the molecule is O=C(CCCc1ccccn1)N[C@H]1CCc2nccn2C1. The van der Waals surface area contributed by atoms with Crippen molar-refractivity contribution in [3.8, 4) is 0 Å². The highest BCUT2D eigenvalue weighted by Gasteiger charge is 2.19. The molecule has 0 spiro atoms. The summed E-state index contributed by atoms with van der Waals surface area (Å²) in [4.78, 5) is 20.6. The topological polar surface area (TPSA) is 59.8 Å². The van der Waals surface area contributed by atoms with E-state index in [9.17, 15) is 4.79 Å². The van der Waals surface area contributed by atoms with E-state index in [4.69, 9.17) is 0 Å². The molecule has 1 amide bonds. The highest BCUT2D eigenvalue weighted by atomic mass is 16.1. The van der Waals surface area contributed by atoms with Crippen molar-refractivity contribution < 1.29 is 4.79 Å². The summed E-state index contributed by atoms with van der Waals surface area (Å²) in [5.41, 5.74) is 1.05. The zero-order valence-electron chi connectivity index (χ0n) is 12.0. The number of pyridine rings is 1. The van der Waals surface area contributed by atoms with Crippen LogP contribution in [0.2, 0.25) is 0 Å². The summed E-state index contributed by atoms with van der Waals surface area (Å²) in [6.07, 6.45) is 9.76. The van der Waals surface area contributed by atoms with Crippen LogP contribution in [-0.2, 0) is 24.2 Å². The summed E-state index contributed by atoms with van der Waals surface area (Å²) in [6.45, 7) is 0.835. The van der Waals surface area contributed by atoms with Crippen molar-refractivity contribution in [2.24, 2.45) is 0 Å². The Morgan fingerprint density at radius 3 is 3.14 bits per heavy atom. The van der Waals surface area contributed by atoms with Crippen molar-refractivity contribution in [1.29, 1.82) is 0 Å². The van der Waals surface area contributed by atoms with E-state index in [0.29, 0.717) is 6.42 Å². The number of hydrogen-bond acceptors (Lipinski definition) is 3. The smallest absolute Gasteiger partial charge is 0.220 e. The first-order chi connectivity index (χ1) is 10.3. The standard InChI is InChI=1S/C16H20N4O/c21-16(6-3-5-13-4-1-2-9-17-13)19-14-7-8-15-18-10-11-20(15)12-14/h1-2,4,9-11,14H,3,5-8,12H2,(H,19,21)/t14-/m0/s1. The van der Waals surface area contributed by atoms with Gasteiger partial charge in [0.1, 0.15) is 5.82 Å². The Morgan fingerprint density at radius 1 is 1.33 bits per heavy atom. The summed E-state index contributed by atoms with van der Waals surface area (Å²) in [5.74, 6) is 1.26. The van der Waals surface area contributed by atoms with Crippen LogP contribution in [0, 0.1) is 0 Å². The molecule has 1 aliphatic heterocycles. The van der Waals surface area contributed by atoms with Crippen molar-refractivity contribution >= 4 is 5.91 Å². The molecule has 1 aliphatic rings. The zero-order valence-corrected chi connectivity index (χ0v) is 12.0. The van der Waals surface area contributed by atoms with E-state index in [1.807, 2.05) is 30.6 Å². The summed E-state index contributed by atoms with van der Waals surface area (Å²) >= 11 is 0. The molecule has 2 aromatic heterocycles. The number of aromatic nitrogens is 3. The fourth-order valence-electron chi connectivity index (χ4n) is 2.76. The van der Waals surface area contributed by atoms with Gasteiger partial charge in [0, 0.05) is 49.7 Å². The number of carbonyl (C=O) groups is 1. The molecule has 0 bridgehead atoms. The lowest BCUT2D eigenvalue weighted by Crippen LogP contribution is -2.40. The van der Waals surface area contributed by atoms with Gasteiger partial charge in [0.15, 0.2) is 0 Å². The monoisotopic (exact) mass is 284 g/mol. The van der Waals surface area contributed by atoms with E-state index in [0.717, 1.165) is 43.7 Å². The summed E-state index contributed by atoms with van der Waals surface area (Å²) < 4.78 is 2.13. The molecular weight excluding hydrogens is 264 g/mol. The lowest BCUT2D eigenvalue weighted by atomic mass is 10.1. The van der Waals surface area contributed by atoms with Crippen molar-refractivity contribution in [2.45, 2.75) is 44.7 Å². The van der Waals surface area contributed by atoms with Crippen molar-refractivity contribution in [3.63, 3.8) is 0 Å². The van der Waals surface area contributed by atoms with Crippen LogP contribution < -0.4 is 5.32 Å². The largest absolute Gasteiger partial charge is 0.352 e. The molecule has 110 valence electrons. The average molecular weight is 284 g/mol. The second-order valence-corrected chi connectivity index (χ2v) is 5.47. The maximum atomic E-state index is 12.0. The average Bonchev–Trinajstić information content (AvgIpc) is 2.96. The number of nitrogens with one attached hydrogen (secondary N) is 1. The second kappa shape index (κ2) is 6.52. The highest BCUT2D eigenvalue weighted by Crippen LogP contribution is 2.13. The molecule has 0 radical (unpaired) electrons. The molecule has 2 aromatic rings. The maximum absolute atomic E-state index is 12.0. The van der Waals surface area contributed by atoms with Crippen LogP contribution in [0.5, 0.6) is 0 Å². The predicted octanol–water partition coefficient (Wildman–Crippen LogP) is 1.73. The van der Waals surface area contributed by atoms with Gasteiger partial charge in [0.2, 0.25) is 5.91 Å². The molecule has 0 unspecified atom stereocenters. The fourth-order valence-corrected chi connectivity index (χ4v) is 2.76. The maximum Gasteiger partial charge on any atom is 0.220 e. The Labute approximate surface area is 124 Å². The zero-order chi connectivity index (χ0) is 14.5. The third-order valence-corrected chi connectivity index (χ3v) is 3.86. The van der Waals surface area contributed by atoms with Gasteiger partial charge in [-0.25, -0.2) is 4.98 Å². The number of aryl methyl sites for hydroxylation is 2. The Bertz CT molecular complexity index is 593. The molecule has 0 saturated carbocycles. The lowest BCUT2D eigenvalue weighted by Gasteiger charge is -2.24. The minimum Gasteiger partial charge on any atom is -0.352 e. The molecule has 1 N–H and O–H groups in total. The summed E-state index contributed by atoms with van der Waals surface area (Å²) in [5, 5.41) is 3.13. The lowest BCUT2D eigenvalue weighted by molar-refractivity contribution is -0.122. The van der Waals surface area contributed by atoms with Crippen molar-refractivity contribution in [2.75, 3.05) is 0 Å².